The van der Waals surface area contributed by atoms with Gasteiger partial charge in [0.25, 0.3) is 15.0 Å². The summed E-state index contributed by atoms with van der Waals surface area (Å²) in [6.45, 7) is -0.223. The zero-order valence-corrected chi connectivity index (χ0v) is 13.1. The largest absolute Gasteiger partial charge is 0.482 e. The Morgan fingerprint density at radius 2 is 1.95 bits per heavy atom. The fourth-order valence-electron chi connectivity index (χ4n) is 1.45. The number of carbonyl (C=O) groups excluding carboxylic acids is 1. The van der Waals surface area contributed by atoms with Crippen LogP contribution in [-0.2, 0) is 13.8 Å². The maximum atomic E-state index is 11.5. The maximum Gasteiger partial charge on any atom is 0.262 e. The minimum absolute atomic E-state index is 0.104. The molecule has 20 heavy (non-hydrogen) atoms. The molecule has 0 bridgehead atoms. The highest BCUT2D eigenvalue weighted by Crippen LogP contribution is 2.37. The molecule has 5 nitrogen and oxygen atoms in total. The second-order valence-corrected chi connectivity index (χ2v) is 7.55. The smallest absolute Gasteiger partial charge is 0.262 e. The predicted molar refractivity (Wildman–Crippen MR) is 76.2 cm³/mol. The molecule has 0 unspecified atom stereocenters. The lowest BCUT2D eigenvalue weighted by Crippen LogP contribution is -2.30. The predicted octanol–water partition coefficient (Wildman–Crippen LogP) is 2.58. The van der Waals surface area contributed by atoms with Gasteiger partial charge in [0.15, 0.2) is 6.61 Å². The van der Waals surface area contributed by atoms with Crippen molar-refractivity contribution >= 4 is 48.8 Å². The fourth-order valence-corrected chi connectivity index (χ4v) is 3.24. The van der Waals surface area contributed by atoms with Gasteiger partial charge in [0, 0.05) is 16.7 Å². The van der Waals surface area contributed by atoms with E-state index >= 15 is 0 Å². The van der Waals surface area contributed by atoms with Crippen molar-refractivity contribution in [1.29, 1.82) is 0 Å². The molecule has 0 heterocycles. The number of rotatable bonds is 5. The molecule has 1 aliphatic carbocycles. The van der Waals surface area contributed by atoms with E-state index in [1.165, 1.54) is 12.1 Å². The van der Waals surface area contributed by atoms with Gasteiger partial charge in [0.05, 0.1) is 5.02 Å². The Bertz CT molecular complexity index is 643. The summed E-state index contributed by atoms with van der Waals surface area (Å²) in [4.78, 5) is 11.2. The molecule has 0 atom stereocenters. The molecule has 1 aromatic carbocycles. The summed E-state index contributed by atoms with van der Waals surface area (Å²) in [7, 11) is 1.21. The van der Waals surface area contributed by atoms with Gasteiger partial charge in [-0.2, -0.15) is 0 Å². The van der Waals surface area contributed by atoms with Crippen molar-refractivity contribution in [3.8, 4) is 5.75 Å². The van der Waals surface area contributed by atoms with Crippen LogP contribution in [0, 0.1) is 0 Å². The number of amides is 1. The van der Waals surface area contributed by atoms with E-state index in [-0.39, 0.29) is 39.2 Å². The van der Waals surface area contributed by atoms with Crippen LogP contribution < -0.4 is 10.1 Å². The van der Waals surface area contributed by atoms with Crippen LogP contribution >= 0.6 is 33.9 Å². The lowest BCUT2D eigenvalue weighted by Gasteiger charge is -2.10. The Labute approximate surface area is 130 Å². The van der Waals surface area contributed by atoms with Crippen molar-refractivity contribution in [2.24, 2.45) is 0 Å². The molecule has 1 N–H and O–H groups in total. The summed E-state index contributed by atoms with van der Waals surface area (Å²) in [5.74, 6) is -0.152. The van der Waals surface area contributed by atoms with Gasteiger partial charge in [-0.1, -0.05) is 23.2 Å². The first-order valence-corrected chi connectivity index (χ1v) is 8.70. The van der Waals surface area contributed by atoms with Crippen LogP contribution in [0.15, 0.2) is 17.0 Å². The van der Waals surface area contributed by atoms with Crippen LogP contribution in [0.3, 0.4) is 0 Å². The first-order valence-electron chi connectivity index (χ1n) is 5.64. The highest BCUT2D eigenvalue weighted by Gasteiger charge is 2.24. The molecule has 1 aliphatic rings. The topological polar surface area (TPSA) is 72.5 Å². The number of ether oxygens (including phenoxy) is 1. The summed E-state index contributed by atoms with van der Waals surface area (Å²) < 4.78 is 27.7. The Hall–Kier alpha value is -0.690. The maximum absolute atomic E-state index is 11.5. The minimum atomic E-state index is -3.99. The average Bonchev–Trinajstić information content (AvgIpc) is 3.13. The van der Waals surface area contributed by atoms with E-state index in [2.05, 4.69) is 5.32 Å². The van der Waals surface area contributed by atoms with E-state index in [9.17, 15) is 13.2 Å². The monoisotopic (exact) mass is 357 g/mol. The third-order valence-electron chi connectivity index (χ3n) is 2.58. The average molecular weight is 359 g/mol. The van der Waals surface area contributed by atoms with Crippen molar-refractivity contribution < 1.29 is 17.9 Å². The number of hydrogen-bond acceptors (Lipinski definition) is 4. The molecule has 9 heteroatoms. The van der Waals surface area contributed by atoms with Crippen molar-refractivity contribution in [2.75, 3.05) is 6.61 Å². The van der Waals surface area contributed by atoms with Gasteiger partial charge in [-0.25, -0.2) is 8.42 Å². The first kappa shape index (κ1) is 15.7. The highest BCUT2D eigenvalue weighted by atomic mass is 35.7. The van der Waals surface area contributed by atoms with Gasteiger partial charge in [-0.15, -0.1) is 0 Å². The Morgan fingerprint density at radius 1 is 1.30 bits per heavy atom. The lowest BCUT2D eigenvalue weighted by molar-refractivity contribution is -0.123. The molecule has 1 amide bonds. The highest BCUT2D eigenvalue weighted by molar-refractivity contribution is 8.13. The molecule has 0 spiro atoms. The molecular weight excluding hydrogens is 349 g/mol. The molecule has 2 rings (SSSR count). The second-order valence-electron chi connectivity index (χ2n) is 4.26. The molecule has 1 fully saturated rings. The van der Waals surface area contributed by atoms with Crippen LogP contribution in [0.5, 0.6) is 5.75 Å². The van der Waals surface area contributed by atoms with Gasteiger partial charge >= 0.3 is 0 Å². The molecule has 110 valence electrons. The van der Waals surface area contributed by atoms with Gasteiger partial charge in [-0.05, 0) is 25.0 Å². The molecule has 0 aromatic heterocycles. The molecule has 1 saturated carbocycles. The molecule has 1 aromatic rings. The number of nitrogens with one attached hydrogen (secondary N) is 1. The fraction of sp³-hybridized carbons (Fsp3) is 0.364. The normalized spacial score (nSPS) is 14.9. The van der Waals surface area contributed by atoms with E-state index < -0.39 is 9.05 Å². The van der Waals surface area contributed by atoms with E-state index in [1.54, 1.807) is 0 Å². The summed E-state index contributed by atoms with van der Waals surface area (Å²) in [6.07, 6.45) is 1.95. The zero-order valence-electron chi connectivity index (χ0n) is 10.0. The van der Waals surface area contributed by atoms with E-state index in [1.807, 2.05) is 0 Å². The van der Waals surface area contributed by atoms with E-state index in [4.69, 9.17) is 38.6 Å². The first-order chi connectivity index (χ1) is 9.29. The third kappa shape index (κ3) is 3.91. The zero-order chi connectivity index (χ0) is 14.9. The van der Waals surface area contributed by atoms with Crippen molar-refractivity contribution in [3.05, 3.63) is 22.2 Å². The van der Waals surface area contributed by atoms with Gasteiger partial charge in [-0.3, -0.25) is 4.79 Å². The second kappa shape index (κ2) is 5.97. The van der Waals surface area contributed by atoms with Gasteiger partial charge < -0.3 is 10.1 Å². The van der Waals surface area contributed by atoms with Crippen molar-refractivity contribution in [2.45, 2.75) is 23.8 Å². The Morgan fingerprint density at radius 3 is 2.50 bits per heavy atom. The summed E-state index contributed by atoms with van der Waals surface area (Å²) in [6, 6.07) is 2.70. The van der Waals surface area contributed by atoms with Crippen LogP contribution in [0.2, 0.25) is 10.0 Å². The van der Waals surface area contributed by atoms with Crippen molar-refractivity contribution in [3.63, 3.8) is 0 Å². The summed E-state index contributed by atoms with van der Waals surface area (Å²) in [5.41, 5.74) is 0. The van der Waals surface area contributed by atoms with Crippen molar-refractivity contribution in [1.82, 2.24) is 5.32 Å². The Kier molecular flexibility index (Phi) is 4.69. The molecule has 0 radical (unpaired) electrons. The summed E-state index contributed by atoms with van der Waals surface area (Å²) >= 11 is 11.7. The minimum Gasteiger partial charge on any atom is -0.482 e. The lowest BCUT2D eigenvalue weighted by atomic mass is 10.3. The summed E-state index contributed by atoms with van der Waals surface area (Å²) in [5, 5.41) is 2.40. The van der Waals surface area contributed by atoms with Crippen LogP contribution in [-0.4, -0.2) is 27.0 Å². The molecule has 0 aliphatic heterocycles. The molecular formula is C11H10Cl3NO4S. The quantitative estimate of drug-likeness (QED) is 0.821. The SMILES string of the molecule is O=C(COc1ccc(S(=O)(=O)Cl)c(Cl)c1Cl)NC1CC1. The Balaban J connectivity index is 2.09. The van der Waals surface area contributed by atoms with E-state index in [0.717, 1.165) is 12.8 Å². The number of carbonyl (C=O) groups is 1. The van der Waals surface area contributed by atoms with Gasteiger partial charge in [0.2, 0.25) is 0 Å². The van der Waals surface area contributed by atoms with Crippen LogP contribution in [0.1, 0.15) is 12.8 Å². The van der Waals surface area contributed by atoms with Crippen LogP contribution in [0.25, 0.3) is 0 Å². The standard InChI is InChI=1S/C11H10Cl3NO4S/c12-10-7(19-5-9(16)15-6-1-2-6)3-4-8(11(10)13)20(14,17)18/h3-4,6H,1-2,5H2,(H,15,16). The molecule has 0 saturated heterocycles. The van der Waals surface area contributed by atoms with E-state index in [0.29, 0.717) is 0 Å². The van der Waals surface area contributed by atoms with Gasteiger partial charge in [0.1, 0.15) is 15.7 Å². The van der Waals surface area contributed by atoms with Crippen LogP contribution in [0.4, 0.5) is 0 Å². The number of halogens is 3. The number of benzene rings is 1. The third-order valence-corrected chi connectivity index (χ3v) is 4.92. The number of hydrogen-bond donors (Lipinski definition) is 1.